The van der Waals surface area contributed by atoms with Gasteiger partial charge in [0.15, 0.2) is 0 Å². The Morgan fingerprint density at radius 2 is 1.35 bits per heavy atom. The van der Waals surface area contributed by atoms with Crippen molar-refractivity contribution >= 4 is 45.5 Å². The summed E-state index contributed by atoms with van der Waals surface area (Å²) < 4.78 is 6.32. The Morgan fingerprint density at radius 1 is 0.595 bits per heavy atom. The van der Waals surface area contributed by atoms with Gasteiger partial charge in [-0.1, -0.05) is 92.7 Å². The first-order chi connectivity index (χ1) is 18.1. The summed E-state index contributed by atoms with van der Waals surface area (Å²) in [6.07, 6.45) is 4.48. The van der Waals surface area contributed by atoms with Crippen molar-refractivity contribution < 1.29 is 4.42 Å². The Kier molecular flexibility index (Phi) is 4.03. The first kappa shape index (κ1) is 20.6. The molecule has 0 unspecified atom stereocenters. The van der Waals surface area contributed by atoms with Crippen LogP contribution in [0.5, 0.6) is 0 Å². The molecule has 8 rings (SSSR count). The molecule has 0 atom stereocenters. The molecule has 37 heavy (non-hydrogen) atoms. The first-order valence-electron chi connectivity index (χ1n) is 12.9. The first-order valence-corrected chi connectivity index (χ1v) is 12.9. The molecule has 0 radical (unpaired) electrons. The SMILES string of the molecule is CC1(C)c2ccccc2-c2cc3c(cc21)C=Cc1cc(-c2cccc4c2oc2ccccc24)ccc1N3. The van der Waals surface area contributed by atoms with Crippen molar-refractivity contribution in [2.24, 2.45) is 0 Å². The van der Waals surface area contributed by atoms with Gasteiger partial charge >= 0.3 is 0 Å². The summed E-state index contributed by atoms with van der Waals surface area (Å²) in [6, 6.07) is 34.8. The van der Waals surface area contributed by atoms with Crippen LogP contribution in [0.1, 0.15) is 36.1 Å². The molecule has 0 saturated carbocycles. The van der Waals surface area contributed by atoms with Gasteiger partial charge in [-0.25, -0.2) is 0 Å². The van der Waals surface area contributed by atoms with Gasteiger partial charge < -0.3 is 9.73 Å². The Bertz CT molecular complexity index is 1940. The summed E-state index contributed by atoms with van der Waals surface area (Å²) >= 11 is 0. The lowest BCUT2D eigenvalue weighted by atomic mass is 9.82. The fourth-order valence-electron chi connectivity index (χ4n) is 6.29. The number of furan rings is 1. The van der Waals surface area contributed by atoms with Gasteiger partial charge in [-0.05, 0) is 69.3 Å². The fraction of sp³-hybridized carbons (Fsp3) is 0.0857. The molecule has 0 amide bonds. The summed E-state index contributed by atoms with van der Waals surface area (Å²) in [5.74, 6) is 0. The number of nitrogens with one attached hydrogen (secondary N) is 1. The Hall–Kier alpha value is -4.56. The molecule has 2 aliphatic rings. The van der Waals surface area contributed by atoms with E-state index in [0.717, 1.165) is 44.4 Å². The van der Waals surface area contributed by atoms with Crippen molar-refractivity contribution in [3.05, 3.63) is 119 Å². The van der Waals surface area contributed by atoms with Crippen molar-refractivity contribution in [3.63, 3.8) is 0 Å². The van der Waals surface area contributed by atoms with E-state index in [2.05, 4.69) is 116 Å². The molecule has 0 fully saturated rings. The van der Waals surface area contributed by atoms with Crippen LogP contribution in [0.15, 0.2) is 101 Å². The van der Waals surface area contributed by atoms with E-state index in [-0.39, 0.29) is 5.41 Å². The molecule has 1 N–H and O–H groups in total. The highest BCUT2D eigenvalue weighted by Crippen LogP contribution is 2.51. The number of fused-ring (bicyclic) bond motifs is 8. The van der Waals surface area contributed by atoms with E-state index < -0.39 is 0 Å². The number of anilines is 2. The number of benzene rings is 5. The molecule has 2 heterocycles. The summed E-state index contributed by atoms with van der Waals surface area (Å²) in [5, 5.41) is 6.05. The summed E-state index contributed by atoms with van der Waals surface area (Å²) in [5.41, 5.74) is 14.2. The van der Waals surface area contributed by atoms with Crippen LogP contribution in [0.3, 0.4) is 0 Å². The molecular weight excluding hydrogens is 450 g/mol. The molecule has 5 aromatic carbocycles. The van der Waals surface area contributed by atoms with E-state index in [1.807, 2.05) is 12.1 Å². The van der Waals surface area contributed by atoms with Gasteiger partial charge in [0.2, 0.25) is 0 Å². The molecule has 0 saturated heterocycles. The Morgan fingerprint density at radius 3 is 2.27 bits per heavy atom. The summed E-state index contributed by atoms with van der Waals surface area (Å²) in [7, 11) is 0. The minimum absolute atomic E-state index is 0.00755. The quantitative estimate of drug-likeness (QED) is 0.256. The van der Waals surface area contributed by atoms with Gasteiger partial charge in [0.25, 0.3) is 0 Å². The predicted molar refractivity (Wildman–Crippen MR) is 155 cm³/mol. The van der Waals surface area contributed by atoms with Crippen molar-refractivity contribution in [2.75, 3.05) is 5.32 Å². The maximum Gasteiger partial charge on any atom is 0.143 e. The lowest BCUT2D eigenvalue weighted by Gasteiger charge is -2.22. The molecule has 176 valence electrons. The number of para-hydroxylation sites is 2. The van der Waals surface area contributed by atoms with E-state index in [1.54, 1.807) is 0 Å². The molecule has 6 aromatic rings. The van der Waals surface area contributed by atoms with Gasteiger partial charge in [-0.15, -0.1) is 0 Å². The molecule has 0 bridgehead atoms. The fourth-order valence-corrected chi connectivity index (χ4v) is 6.29. The van der Waals surface area contributed by atoms with Crippen LogP contribution in [-0.2, 0) is 5.41 Å². The van der Waals surface area contributed by atoms with Crippen LogP contribution in [0.4, 0.5) is 11.4 Å². The average Bonchev–Trinajstić information content (AvgIpc) is 3.33. The molecule has 1 aliphatic heterocycles. The van der Waals surface area contributed by atoms with Crippen LogP contribution < -0.4 is 5.32 Å². The van der Waals surface area contributed by atoms with Gasteiger partial charge in [-0.3, -0.25) is 0 Å². The summed E-state index contributed by atoms with van der Waals surface area (Å²) in [6.45, 7) is 4.66. The van der Waals surface area contributed by atoms with E-state index in [9.17, 15) is 0 Å². The third kappa shape index (κ3) is 2.87. The van der Waals surface area contributed by atoms with Crippen molar-refractivity contribution in [3.8, 4) is 22.3 Å². The molecule has 1 aliphatic carbocycles. The van der Waals surface area contributed by atoms with E-state index in [0.29, 0.717) is 0 Å². The topological polar surface area (TPSA) is 25.2 Å². The lowest BCUT2D eigenvalue weighted by molar-refractivity contribution is 0.660. The van der Waals surface area contributed by atoms with Crippen LogP contribution in [0.2, 0.25) is 0 Å². The monoisotopic (exact) mass is 475 g/mol. The molecule has 0 spiro atoms. The zero-order chi connectivity index (χ0) is 24.7. The normalized spacial score (nSPS) is 14.5. The number of rotatable bonds is 1. The van der Waals surface area contributed by atoms with Crippen LogP contribution in [0, 0.1) is 0 Å². The maximum absolute atomic E-state index is 6.32. The Labute approximate surface area is 215 Å². The smallest absolute Gasteiger partial charge is 0.143 e. The van der Waals surface area contributed by atoms with E-state index in [1.165, 1.54) is 33.4 Å². The second kappa shape index (κ2) is 7.24. The second-order valence-corrected chi connectivity index (χ2v) is 10.7. The van der Waals surface area contributed by atoms with Gasteiger partial charge in [0.1, 0.15) is 11.2 Å². The standard InChI is InChI=1S/C35H25NO/c1-35(2)29-12-5-3-8-25(29)28-20-32-23(19-30(28)35)15-14-22-18-21(16-17-31(22)36-32)24-10-7-11-27-26-9-4-6-13-33(26)37-34(24)27/h3-20,36H,1-2H3. The van der Waals surface area contributed by atoms with Crippen LogP contribution in [-0.4, -0.2) is 0 Å². The van der Waals surface area contributed by atoms with E-state index in [4.69, 9.17) is 4.42 Å². The number of hydrogen-bond donors (Lipinski definition) is 1. The minimum atomic E-state index is -0.00755. The van der Waals surface area contributed by atoms with Crippen molar-refractivity contribution in [1.82, 2.24) is 0 Å². The zero-order valence-electron chi connectivity index (χ0n) is 20.8. The predicted octanol–water partition coefficient (Wildman–Crippen LogP) is 9.79. The average molecular weight is 476 g/mol. The highest BCUT2D eigenvalue weighted by Gasteiger charge is 2.36. The van der Waals surface area contributed by atoms with Gasteiger partial charge in [-0.2, -0.15) is 0 Å². The van der Waals surface area contributed by atoms with Crippen molar-refractivity contribution in [2.45, 2.75) is 19.3 Å². The zero-order valence-corrected chi connectivity index (χ0v) is 20.8. The molecular formula is C35H25NO. The largest absolute Gasteiger partial charge is 0.455 e. The third-order valence-corrected chi connectivity index (χ3v) is 8.23. The highest BCUT2D eigenvalue weighted by atomic mass is 16.3. The molecule has 2 nitrogen and oxygen atoms in total. The molecule has 1 aromatic heterocycles. The van der Waals surface area contributed by atoms with Gasteiger partial charge in [0.05, 0.1) is 0 Å². The lowest BCUT2D eigenvalue weighted by Crippen LogP contribution is -2.15. The van der Waals surface area contributed by atoms with Gasteiger partial charge in [0, 0.05) is 33.1 Å². The van der Waals surface area contributed by atoms with Crippen LogP contribution >= 0.6 is 0 Å². The van der Waals surface area contributed by atoms with Crippen LogP contribution in [0.25, 0.3) is 56.3 Å². The van der Waals surface area contributed by atoms with E-state index >= 15 is 0 Å². The Balaban J connectivity index is 1.25. The summed E-state index contributed by atoms with van der Waals surface area (Å²) in [4.78, 5) is 0. The minimum Gasteiger partial charge on any atom is -0.455 e. The molecule has 2 heteroatoms. The number of hydrogen-bond acceptors (Lipinski definition) is 2. The van der Waals surface area contributed by atoms with Crippen molar-refractivity contribution in [1.29, 1.82) is 0 Å². The maximum atomic E-state index is 6.32. The highest BCUT2D eigenvalue weighted by molar-refractivity contribution is 6.09. The second-order valence-electron chi connectivity index (χ2n) is 10.7. The third-order valence-electron chi connectivity index (χ3n) is 8.23.